The highest BCUT2D eigenvalue weighted by atomic mass is 32.2. The Labute approximate surface area is 169 Å². The molecule has 0 saturated heterocycles. The predicted octanol–water partition coefficient (Wildman–Crippen LogP) is 4.86. The van der Waals surface area contributed by atoms with Crippen molar-refractivity contribution >= 4 is 34.9 Å². The molecule has 0 amide bonds. The second-order valence-electron chi connectivity index (χ2n) is 6.89. The summed E-state index contributed by atoms with van der Waals surface area (Å²) in [7, 11) is 0. The molecular formula is C18H20N4O2S3. The van der Waals surface area contributed by atoms with Gasteiger partial charge in [0.25, 0.3) is 0 Å². The Morgan fingerprint density at radius 1 is 0.704 bits per heavy atom. The van der Waals surface area contributed by atoms with E-state index in [0.29, 0.717) is 0 Å². The second kappa shape index (κ2) is 7.97. The fraction of sp³-hybridized carbons (Fsp3) is 0.556. The third kappa shape index (κ3) is 3.82. The molecule has 2 aliphatic carbocycles. The summed E-state index contributed by atoms with van der Waals surface area (Å²) in [6, 6.07) is 0. The lowest BCUT2D eigenvalue weighted by Gasteiger charge is -2.08. The van der Waals surface area contributed by atoms with Gasteiger partial charge in [-0.15, -0.1) is 10.2 Å². The molecule has 0 saturated carbocycles. The Morgan fingerprint density at radius 3 is 1.70 bits per heavy atom. The number of hydrogen-bond donors (Lipinski definition) is 0. The van der Waals surface area contributed by atoms with Gasteiger partial charge < -0.3 is 9.05 Å². The lowest BCUT2D eigenvalue weighted by molar-refractivity contribution is 0.369. The van der Waals surface area contributed by atoms with Crippen molar-refractivity contribution in [3.05, 3.63) is 34.0 Å². The van der Waals surface area contributed by atoms with Gasteiger partial charge in [0, 0.05) is 35.5 Å². The molecule has 5 rings (SSSR count). The van der Waals surface area contributed by atoms with Crippen molar-refractivity contribution in [1.29, 1.82) is 0 Å². The van der Waals surface area contributed by atoms with Crippen LogP contribution in [-0.2, 0) is 37.2 Å². The average Bonchev–Trinajstić information content (AvgIpc) is 3.43. The Morgan fingerprint density at radius 2 is 1.19 bits per heavy atom. The number of aryl methyl sites for hydroxylation is 2. The van der Waals surface area contributed by atoms with Gasteiger partial charge in [0.15, 0.2) is 8.68 Å². The van der Waals surface area contributed by atoms with Crippen molar-refractivity contribution in [3.8, 4) is 0 Å². The topological polar surface area (TPSA) is 77.8 Å². The molecule has 0 radical (unpaired) electrons. The van der Waals surface area contributed by atoms with Gasteiger partial charge in [-0.25, -0.2) is 0 Å². The molecule has 0 fully saturated rings. The fourth-order valence-electron chi connectivity index (χ4n) is 3.70. The van der Waals surface area contributed by atoms with Gasteiger partial charge >= 0.3 is 0 Å². The number of rotatable bonds is 6. The van der Waals surface area contributed by atoms with Crippen LogP contribution in [0.2, 0.25) is 0 Å². The first kappa shape index (κ1) is 17.8. The highest BCUT2D eigenvalue weighted by Gasteiger charge is 2.21. The molecule has 9 heteroatoms. The van der Waals surface area contributed by atoms with E-state index in [1.165, 1.54) is 36.8 Å². The number of nitrogens with zero attached hydrogens (tertiary/aromatic N) is 4. The van der Waals surface area contributed by atoms with E-state index >= 15 is 0 Å². The summed E-state index contributed by atoms with van der Waals surface area (Å²) < 4.78 is 12.9. The van der Waals surface area contributed by atoms with Crippen molar-refractivity contribution in [2.24, 2.45) is 0 Å². The summed E-state index contributed by atoms with van der Waals surface area (Å²) in [5, 5.41) is 17.2. The Hall–Kier alpha value is -1.32. The first-order chi connectivity index (χ1) is 13.4. The molecule has 6 nitrogen and oxygen atoms in total. The summed E-state index contributed by atoms with van der Waals surface area (Å²) in [5.41, 5.74) is 4.80. The monoisotopic (exact) mass is 420 g/mol. The van der Waals surface area contributed by atoms with Crippen molar-refractivity contribution in [2.75, 3.05) is 0 Å². The molecule has 0 spiro atoms. The molecule has 0 unspecified atom stereocenters. The van der Waals surface area contributed by atoms with E-state index in [2.05, 4.69) is 20.5 Å². The third-order valence-electron chi connectivity index (χ3n) is 5.12. The second-order valence-corrected chi connectivity index (χ2v) is 10.3. The van der Waals surface area contributed by atoms with E-state index in [0.717, 1.165) is 68.8 Å². The summed E-state index contributed by atoms with van der Waals surface area (Å²) in [4.78, 5) is 0. The predicted molar refractivity (Wildman–Crippen MR) is 105 cm³/mol. The van der Waals surface area contributed by atoms with Gasteiger partial charge in [-0.1, -0.05) is 45.2 Å². The zero-order valence-corrected chi connectivity index (χ0v) is 17.4. The van der Waals surface area contributed by atoms with Gasteiger partial charge in [-0.3, -0.25) is 0 Å². The number of aromatic nitrogens is 4. The summed E-state index contributed by atoms with van der Waals surface area (Å²) in [6.07, 6.45) is 9.12. The molecule has 142 valence electrons. The SMILES string of the molecule is C1CCc2c(CSc3nnc(SCc4noc5c4CCCC5)s3)noc2C1. The number of thioether (sulfide) groups is 2. The molecule has 0 atom stereocenters. The van der Waals surface area contributed by atoms with Crippen LogP contribution in [0.1, 0.15) is 59.7 Å². The molecule has 0 aromatic carbocycles. The lowest BCUT2D eigenvalue weighted by atomic mass is 9.97. The maximum atomic E-state index is 5.49. The lowest BCUT2D eigenvalue weighted by Crippen LogP contribution is -2.01. The minimum Gasteiger partial charge on any atom is -0.361 e. The quantitative estimate of drug-likeness (QED) is 0.523. The molecule has 27 heavy (non-hydrogen) atoms. The van der Waals surface area contributed by atoms with E-state index in [1.807, 2.05) is 0 Å². The van der Waals surface area contributed by atoms with Crippen LogP contribution >= 0.6 is 34.9 Å². The van der Waals surface area contributed by atoms with E-state index in [1.54, 1.807) is 34.9 Å². The van der Waals surface area contributed by atoms with Gasteiger partial charge in [-0.2, -0.15) is 0 Å². The molecule has 2 aliphatic rings. The molecule has 3 aromatic rings. The first-order valence-electron chi connectivity index (χ1n) is 9.38. The van der Waals surface area contributed by atoms with Crippen molar-refractivity contribution in [3.63, 3.8) is 0 Å². The van der Waals surface area contributed by atoms with E-state index in [4.69, 9.17) is 9.05 Å². The highest BCUT2D eigenvalue weighted by Crippen LogP contribution is 2.35. The summed E-state index contributed by atoms with van der Waals surface area (Å²) in [6.45, 7) is 0. The van der Waals surface area contributed by atoms with Crippen molar-refractivity contribution in [1.82, 2.24) is 20.5 Å². The average molecular weight is 421 g/mol. The number of fused-ring (bicyclic) bond motifs is 2. The van der Waals surface area contributed by atoms with Crippen LogP contribution in [0.15, 0.2) is 17.7 Å². The Kier molecular flexibility index (Phi) is 5.24. The Bertz CT molecular complexity index is 860. The maximum absolute atomic E-state index is 5.49. The fourth-order valence-corrected chi connectivity index (χ4v) is 6.64. The molecule has 0 aliphatic heterocycles. The van der Waals surface area contributed by atoms with Gasteiger partial charge in [0.2, 0.25) is 0 Å². The van der Waals surface area contributed by atoms with E-state index in [-0.39, 0.29) is 0 Å². The summed E-state index contributed by atoms with van der Waals surface area (Å²) >= 11 is 5.02. The van der Waals surface area contributed by atoms with Crippen molar-refractivity contribution in [2.45, 2.75) is 71.6 Å². The standard InChI is InChI=1S/C18H20N4O2S3/c1-3-7-15-11(5-1)13(21-23-15)9-25-17-19-20-18(27-17)26-10-14-12-6-2-4-8-16(12)24-22-14/h1-10H2. The minimum atomic E-state index is 0.801. The normalized spacial score (nSPS) is 16.3. The van der Waals surface area contributed by atoms with Crippen LogP contribution in [0.25, 0.3) is 0 Å². The molecule has 0 bridgehead atoms. The van der Waals surface area contributed by atoms with Crippen molar-refractivity contribution < 1.29 is 9.05 Å². The van der Waals surface area contributed by atoms with Gasteiger partial charge in [0.05, 0.1) is 11.4 Å². The zero-order valence-electron chi connectivity index (χ0n) is 14.9. The van der Waals surface area contributed by atoms with Crippen LogP contribution in [0.4, 0.5) is 0 Å². The summed E-state index contributed by atoms with van der Waals surface area (Å²) in [5.74, 6) is 3.77. The largest absolute Gasteiger partial charge is 0.361 e. The van der Waals surface area contributed by atoms with Crippen LogP contribution in [0.5, 0.6) is 0 Å². The highest BCUT2D eigenvalue weighted by molar-refractivity contribution is 8.02. The van der Waals surface area contributed by atoms with Gasteiger partial charge in [0.1, 0.15) is 11.5 Å². The van der Waals surface area contributed by atoms with E-state index in [9.17, 15) is 0 Å². The van der Waals surface area contributed by atoms with Gasteiger partial charge in [-0.05, 0) is 38.5 Å². The zero-order chi connectivity index (χ0) is 18.1. The number of hydrogen-bond acceptors (Lipinski definition) is 9. The molecular weight excluding hydrogens is 400 g/mol. The van der Waals surface area contributed by atoms with E-state index < -0.39 is 0 Å². The molecule has 3 heterocycles. The maximum Gasteiger partial charge on any atom is 0.175 e. The van der Waals surface area contributed by atoms with Crippen LogP contribution in [-0.4, -0.2) is 20.5 Å². The van der Waals surface area contributed by atoms with Crippen LogP contribution < -0.4 is 0 Å². The third-order valence-corrected chi connectivity index (χ3v) is 8.33. The minimum absolute atomic E-state index is 0.801. The first-order valence-corrected chi connectivity index (χ1v) is 12.2. The van der Waals surface area contributed by atoms with Crippen LogP contribution in [0, 0.1) is 0 Å². The Balaban J connectivity index is 1.18. The van der Waals surface area contributed by atoms with Crippen LogP contribution in [0.3, 0.4) is 0 Å². The smallest absolute Gasteiger partial charge is 0.175 e. The molecule has 3 aromatic heterocycles. The molecule has 0 N–H and O–H groups in total.